The van der Waals surface area contributed by atoms with Crippen LogP contribution in [-0.2, 0) is 0 Å². The van der Waals surface area contributed by atoms with Gasteiger partial charge in [-0.1, -0.05) is 28.1 Å². The van der Waals surface area contributed by atoms with Crippen molar-refractivity contribution < 1.29 is 18.6 Å². The van der Waals surface area contributed by atoms with Gasteiger partial charge in [-0.3, -0.25) is 4.98 Å². The van der Waals surface area contributed by atoms with Crippen LogP contribution in [0.25, 0.3) is 21.7 Å². The minimum atomic E-state index is -0.412. The molecule has 0 radical (unpaired) electrons. The SMILES string of the molecule is COc1cc2nccc(Oc3ccc4cc(Br)ccc4c3F)c2cc1OC. The Balaban J connectivity index is 1.83. The van der Waals surface area contributed by atoms with Crippen molar-refractivity contribution in [2.75, 3.05) is 14.2 Å². The standard InChI is InChI=1S/C21H15BrFNO3/c1-25-19-10-15-16(11-20(19)26-2)24-8-7-17(15)27-18-6-3-12-9-13(22)4-5-14(12)21(18)23/h3-11H,1-2H3. The molecule has 1 aromatic heterocycles. The molecule has 4 aromatic rings. The Morgan fingerprint density at radius 3 is 2.37 bits per heavy atom. The zero-order valence-electron chi connectivity index (χ0n) is 14.6. The molecule has 6 heteroatoms. The van der Waals surface area contributed by atoms with E-state index in [1.807, 2.05) is 12.1 Å². The van der Waals surface area contributed by atoms with Crippen molar-refractivity contribution >= 4 is 37.6 Å². The van der Waals surface area contributed by atoms with E-state index in [9.17, 15) is 4.39 Å². The monoisotopic (exact) mass is 427 g/mol. The normalized spacial score (nSPS) is 11.0. The van der Waals surface area contributed by atoms with Gasteiger partial charge in [-0.15, -0.1) is 0 Å². The van der Waals surface area contributed by atoms with Gasteiger partial charge in [-0.2, -0.15) is 0 Å². The lowest BCUT2D eigenvalue weighted by Crippen LogP contribution is -1.94. The molecule has 0 unspecified atom stereocenters. The molecule has 0 bridgehead atoms. The number of hydrogen-bond donors (Lipinski definition) is 0. The zero-order valence-corrected chi connectivity index (χ0v) is 16.2. The number of halogens is 2. The van der Waals surface area contributed by atoms with Crippen molar-refractivity contribution in [1.82, 2.24) is 4.98 Å². The fraction of sp³-hybridized carbons (Fsp3) is 0.0952. The van der Waals surface area contributed by atoms with Gasteiger partial charge in [0.15, 0.2) is 23.1 Å². The van der Waals surface area contributed by atoms with E-state index in [0.29, 0.717) is 33.5 Å². The Labute approximate surface area is 163 Å². The van der Waals surface area contributed by atoms with Gasteiger partial charge in [0.2, 0.25) is 0 Å². The van der Waals surface area contributed by atoms with E-state index in [-0.39, 0.29) is 5.75 Å². The molecule has 27 heavy (non-hydrogen) atoms. The largest absolute Gasteiger partial charge is 0.493 e. The molecule has 0 fully saturated rings. The molecule has 0 atom stereocenters. The van der Waals surface area contributed by atoms with E-state index in [1.165, 1.54) is 0 Å². The number of fused-ring (bicyclic) bond motifs is 2. The summed E-state index contributed by atoms with van der Waals surface area (Å²) in [5.74, 6) is 1.33. The third-order valence-corrected chi connectivity index (χ3v) is 4.80. The summed E-state index contributed by atoms with van der Waals surface area (Å²) >= 11 is 3.40. The first kappa shape index (κ1) is 17.5. The van der Waals surface area contributed by atoms with Crippen LogP contribution < -0.4 is 14.2 Å². The highest BCUT2D eigenvalue weighted by atomic mass is 79.9. The number of nitrogens with zero attached hydrogens (tertiary/aromatic N) is 1. The van der Waals surface area contributed by atoms with Gasteiger partial charge >= 0.3 is 0 Å². The van der Waals surface area contributed by atoms with Gasteiger partial charge in [0.1, 0.15) is 5.75 Å². The van der Waals surface area contributed by atoms with Crippen molar-refractivity contribution in [3.05, 3.63) is 65.0 Å². The summed E-state index contributed by atoms with van der Waals surface area (Å²) in [5, 5.41) is 1.99. The van der Waals surface area contributed by atoms with Gasteiger partial charge in [0.05, 0.1) is 19.7 Å². The molecule has 0 aliphatic rings. The summed E-state index contributed by atoms with van der Waals surface area (Å²) in [6.45, 7) is 0. The molecule has 0 amide bonds. The molecule has 0 spiro atoms. The van der Waals surface area contributed by atoms with Crippen molar-refractivity contribution in [2.24, 2.45) is 0 Å². The van der Waals surface area contributed by atoms with Crippen molar-refractivity contribution in [2.45, 2.75) is 0 Å². The summed E-state index contributed by atoms with van der Waals surface area (Å²) in [7, 11) is 3.12. The van der Waals surface area contributed by atoms with Crippen LogP contribution in [0.2, 0.25) is 0 Å². The summed E-state index contributed by atoms with van der Waals surface area (Å²) in [4.78, 5) is 4.34. The number of rotatable bonds is 4. The smallest absolute Gasteiger partial charge is 0.173 e. The molecule has 0 aliphatic carbocycles. The highest BCUT2D eigenvalue weighted by Crippen LogP contribution is 2.38. The minimum absolute atomic E-state index is 0.145. The summed E-state index contributed by atoms with van der Waals surface area (Å²) in [6.07, 6.45) is 1.61. The molecule has 0 N–H and O–H groups in total. The Bertz CT molecular complexity index is 1160. The molecule has 0 saturated carbocycles. The highest BCUT2D eigenvalue weighted by Gasteiger charge is 2.14. The van der Waals surface area contributed by atoms with Crippen LogP contribution in [0.3, 0.4) is 0 Å². The third kappa shape index (κ3) is 3.17. The Morgan fingerprint density at radius 2 is 1.59 bits per heavy atom. The lowest BCUT2D eigenvalue weighted by Gasteiger charge is -2.13. The van der Waals surface area contributed by atoms with Crippen LogP contribution in [0.5, 0.6) is 23.0 Å². The van der Waals surface area contributed by atoms with E-state index in [2.05, 4.69) is 20.9 Å². The van der Waals surface area contributed by atoms with Crippen LogP contribution in [0.15, 0.2) is 59.2 Å². The van der Waals surface area contributed by atoms with E-state index < -0.39 is 5.82 Å². The number of hydrogen-bond acceptors (Lipinski definition) is 4. The number of ether oxygens (including phenoxy) is 3. The van der Waals surface area contributed by atoms with Crippen LogP contribution in [0, 0.1) is 5.82 Å². The predicted molar refractivity (Wildman–Crippen MR) is 107 cm³/mol. The molecule has 0 aliphatic heterocycles. The zero-order chi connectivity index (χ0) is 19.0. The molecule has 136 valence electrons. The van der Waals surface area contributed by atoms with Gasteiger partial charge < -0.3 is 14.2 Å². The first-order valence-corrected chi connectivity index (χ1v) is 8.96. The van der Waals surface area contributed by atoms with Crippen LogP contribution in [0.1, 0.15) is 0 Å². The lowest BCUT2D eigenvalue weighted by atomic mass is 10.1. The van der Waals surface area contributed by atoms with Gasteiger partial charge in [0, 0.05) is 27.5 Å². The molecule has 4 nitrogen and oxygen atoms in total. The van der Waals surface area contributed by atoms with Crippen LogP contribution in [0.4, 0.5) is 4.39 Å². The van der Waals surface area contributed by atoms with E-state index in [4.69, 9.17) is 14.2 Å². The number of methoxy groups -OCH3 is 2. The maximum absolute atomic E-state index is 15.0. The van der Waals surface area contributed by atoms with Crippen LogP contribution >= 0.6 is 15.9 Å². The molecule has 0 saturated heterocycles. The quantitative estimate of drug-likeness (QED) is 0.394. The number of benzene rings is 3. The molecule has 1 heterocycles. The highest BCUT2D eigenvalue weighted by molar-refractivity contribution is 9.10. The second kappa shape index (κ2) is 7.04. The second-order valence-corrected chi connectivity index (χ2v) is 6.79. The fourth-order valence-corrected chi connectivity index (χ4v) is 3.36. The number of aromatic nitrogens is 1. The molecule has 4 rings (SSSR count). The first-order chi connectivity index (χ1) is 13.1. The van der Waals surface area contributed by atoms with E-state index >= 15 is 0 Å². The van der Waals surface area contributed by atoms with Crippen molar-refractivity contribution in [3.8, 4) is 23.0 Å². The maximum Gasteiger partial charge on any atom is 0.173 e. The Morgan fingerprint density at radius 1 is 0.815 bits per heavy atom. The summed E-state index contributed by atoms with van der Waals surface area (Å²) in [6, 6.07) is 14.1. The summed E-state index contributed by atoms with van der Waals surface area (Å²) < 4.78 is 32.4. The summed E-state index contributed by atoms with van der Waals surface area (Å²) in [5.41, 5.74) is 0.662. The van der Waals surface area contributed by atoms with Crippen molar-refractivity contribution in [1.29, 1.82) is 0 Å². The minimum Gasteiger partial charge on any atom is -0.493 e. The molecular weight excluding hydrogens is 413 g/mol. The lowest BCUT2D eigenvalue weighted by molar-refractivity contribution is 0.355. The van der Waals surface area contributed by atoms with Gasteiger partial charge in [-0.05, 0) is 35.7 Å². The average molecular weight is 428 g/mol. The molecular formula is C21H15BrFNO3. The van der Waals surface area contributed by atoms with Gasteiger partial charge in [0.25, 0.3) is 0 Å². The molecule has 3 aromatic carbocycles. The third-order valence-electron chi connectivity index (χ3n) is 4.31. The number of pyridine rings is 1. The van der Waals surface area contributed by atoms with E-state index in [0.717, 1.165) is 9.86 Å². The predicted octanol–water partition coefficient (Wildman–Crippen LogP) is 6.10. The van der Waals surface area contributed by atoms with Crippen LogP contribution in [-0.4, -0.2) is 19.2 Å². The topological polar surface area (TPSA) is 40.6 Å². The van der Waals surface area contributed by atoms with E-state index in [1.54, 1.807) is 56.8 Å². The van der Waals surface area contributed by atoms with Crippen molar-refractivity contribution in [3.63, 3.8) is 0 Å². The second-order valence-electron chi connectivity index (χ2n) is 5.88. The average Bonchev–Trinajstić information content (AvgIpc) is 2.69. The Hall–Kier alpha value is -2.86. The maximum atomic E-state index is 15.0. The Kier molecular flexibility index (Phi) is 4.58. The first-order valence-electron chi connectivity index (χ1n) is 8.17. The fourth-order valence-electron chi connectivity index (χ4n) is 2.98. The van der Waals surface area contributed by atoms with Gasteiger partial charge in [-0.25, -0.2) is 4.39 Å².